The molecule has 3 rings (SSSR count). The van der Waals surface area contributed by atoms with Crippen molar-refractivity contribution >= 4 is 39.7 Å². The number of esters is 1. The normalized spacial score (nSPS) is 10.8. The van der Waals surface area contributed by atoms with Crippen molar-refractivity contribution in [2.24, 2.45) is 5.10 Å². The Morgan fingerprint density at radius 1 is 1.22 bits per heavy atom. The molecule has 0 aliphatic carbocycles. The van der Waals surface area contributed by atoms with Gasteiger partial charge in [-0.05, 0) is 65.7 Å². The molecule has 0 aliphatic heterocycles. The number of nitrogens with zero attached hydrogens (tertiary/aromatic N) is 4. The van der Waals surface area contributed by atoms with Crippen LogP contribution in [0.1, 0.15) is 27.3 Å². The smallest absolute Gasteiger partial charge is 0.350 e. The summed E-state index contributed by atoms with van der Waals surface area (Å²) in [6, 6.07) is 11.8. The van der Waals surface area contributed by atoms with Crippen molar-refractivity contribution in [3.05, 3.63) is 85.6 Å². The molecule has 2 aromatic carbocycles. The third-order valence-corrected chi connectivity index (χ3v) is 5.55. The number of hydrogen-bond acceptors (Lipinski definition) is 7. The highest BCUT2D eigenvalue weighted by atomic mass is 79.9. The van der Waals surface area contributed by atoms with Gasteiger partial charge in [-0.3, -0.25) is 19.6 Å². The molecule has 32 heavy (non-hydrogen) atoms. The second-order valence-corrected chi connectivity index (χ2v) is 7.46. The van der Waals surface area contributed by atoms with Crippen molar-refractivity contribution in [3.8, 4) is 5.75 Å². The predicted molar refractivity (Wildman–Crippen MR) is 120 cm³/mol. The highest BCUT2D eigenvalue weighted by molar-refractivity contribution is 9.10. The van der Waals surface area contributed by atoms with Crippen LogP contribution in [0, 0.1) is 24.0 Å². The van der Waals surface area contributed by atoms with Crippen LogP contribution >= 0.6 is 15.9 Å². The molecule has 10 nitrogen and oxygen atoms in total. The van der Waals surface area contributed by atoms with Crippen LogP contribution in [0.5, 0.6) is 5.75 Å². The number of aryl methyl sites for hydroxylation is 1. The van der Waals surface area contributed by atoms with Crippen molar-refractivity contribution in [1.29, 1.82) is 0 Å². The maximum atomic E-state index is 12.3. The van der Waals surface area contributed by atoms with Crippen LogP contribution in [0.25, 0.3) is 0 Å². The van der Waals surface area contributed by atoms with Crippen LogP contribution in [0.4, 0.5) is 5.69 Å². The molecule has 0 fully saturated rings. The summed E-state index contributed by atoms with van der Waals surface area (Å²) in [5.41, 5.74) is 4.24. The van der Waals surface area contributed by atoms with E-state index < -0.39 is 10.9 Å². The molecule has 0 radical (unpaired) electrons. The van der Waals surface area contributed by atoms with Crippen molar-refractivity contribution in [1.82, 2.24) is 15.2 Å². The Morgan fingerprint density at radius 2 is 1.91 bits per heavy atom. The van der Waals surface area contributed by atoms with Gasteiger partial charge in [-0.1, -0.05) is 12.1 Å². The van der Waals surface area contributed by atoms with Gasteiger partial charge in [0.05, 0.1) is 27.0 Å². The number of carbonyl (C=O) groups is 2. The number of hydrogen-bond donors (Lipinski definition) is 1. The van der Waals surface area contributed by atoms with Gasteiger partial charge in [-0.25, -0.2) is 10.2 Å². The molecule has 11 heteroatoms. The van der Waals surface area contributed by atoms with Crippen LogP contribution in [0.3, 0.4) is 0 Å². The average Bonchev–Trinajstić information content (AvgIpc) is 3.01. The summed E-state index contributed by atoms with van der Waals surface area (Å²) in [6.45, 7) is 3.72. The van der Waals surface area contributed by atoms with Crippen molar-refractivity contribution in [3.63, 3.8) is 0 Å². The molecule has 1 aromatic heterocycles. The molecule has 1 amide bonds. The summed E-state index contributed by atoms with van der Waals surface area (Å²) in [4.78, 5) is 34.7. The van der Waals surface area contributed by atoms with Gasteiger partial charge in [0, 0.05) is 6.07 Å². The zero-order chi connectivity index (χ0) is 23.3. The SMILES string of the molecule is Cc1nn(CC(=O)NN=Cc2ccc(OC(=O)c3ccccc3[N+](=O)[O-])cc2)c(C)c1Br. The van der Waals surface area contributed by atoms with Gasteiger partial charge in [0.2, 0.25) is 0 Å². The van der Waals surface area contributed by atoms with E-state index in [4.69, 9.17) is 4.74 Å². The van der Waals surface area contributed by atoms with E-state index in [0.717, 1.165) is 15.9 Å². The first kappa shape index (κ1) is 22.8. The molecule has 0 saturated carbocycles. The summed E-state index contributed by atoms with van der Waals surface area (Å²) in [5.74, 6) is -0.958. The van der Waals surface area contributed by atoms with E-state index in [-0.39, 0.29) is 29.5 Å². The molecule has 0 aliphatic rings. The molecule has 0 atom stereocenters. The topological polar surface area (TPSA) is 129 Å². The number of amides is 1. The minimum absolute atomic E-state index is 0.0239. The van der Waals surface area contributed by atoms with E-state index >= 15 is 0 Å². The Hall–Kier alpha value is -3.86. The number of nitrogens with one attached hydrogen (secondary N) is 1. The van der Waals surface area contributed by atoms with E-state index in [2.05, 4.69) is 31.6 Å². The number of nitro benzene ring substituents is 1. The minimum atomic E-state index is -0.832. The zero-order valence-corrected chi connectivity index (χ0v) is 18.7. The second kappa shape index (κ2) is 9.96. The monoisotopic (exact) mass is 499 g/mol. The van der Waals surface area contributed by atoms with Gasteiger partial charge in [0.15, 0.2) is 0 Å². The molecule has 0 bridgehead atoms. The molecule has 1 heterocycles. The van der Waals surface area contributed by atoms with Crippen LogP contribution in [-0.4, -0.2) is 32.8 Å². The maximum Gasteiger partial charge on any atom is 0.350 e. The van der Waals surface area contributed by atoms with E-state index in [1.165, 1.54) is 42.6 Å². The molecule has 0 saturated heterocycles. The fraction of sp³-hybridized carbons (Fsp3) is 0.143. The Morgan fingerprint density at radius 3 is 2.53 bits per heavy atom. The number of ether oxygens (including phenoxy) is 1. The molecule has 3 aromatic rings. The van der Waals surface area contributed by atoms with Gasteiger partial charge in [-0.15, -0.1) is 0 Å². The summed E-state index contributed by atoms with van der Waals surface area (Å²) in [7, 11) is 0. The Labute approximate surface area is 191 Å². The van der Waals surface area contributed by atoms with Crippen molar-refractivity contribution < 1.29 is 19.2 Å². The Kier molecular flexibility index (Phi) is 7.11. The number of nitro groups is 1. The number of hydrazone groups is 1. The first-order chi connectivity index (χ1) is 15.3. The largest absolute Gasteiger partial charge is 0.423 e. The fourth-order valence-corrected chi connectivity index (χ4v) is 3.05. The molecule has 1 N–H and O–H groups in total. The standard InChI is InChI=1S/C21H18BrN5O5/c1-13-20(22)14(2)26(25-13)12-19(28)24-23-11-15-7-9-16(10-8-15)32-21(29)17-5-3-4-6-18(17)27(30)31/h3-11H,12H2,1-2H3,(H,24,28). The lowest BCUT2D eigenvalue weighted by Gasteiger charge is -2.05. The Bertz CT molecular complexity index is 1200. The van der Waals surface area contributed by atoms with E-state index in [1.807, 2.05) is 13.8 Å². The first-order valence-electron chi connectivity index (χ1n) is 9.33. The van der Waals surface area contributed by atoms with Crippen LogP contribution in [0.15, 0.2) is 58.1 Å². The van der Waals surface area contributed by atoms with Gasteiger partial charge < -0.3 is 4.74 Å². The van der Waals surface area contributed by atoms with E-state index in [0.29, 0.717) is 5.56 Å². The molecular formula is C21H18BrN5O5. The van der Waals surface area contributed by atoms with Crippen LogP contribution in [0.2, 0.25) is 0 Å². The lowest BCUT2D eigenvalue weighted by atomic mass is 10.2. The van der Waals surface area contributed by atoms with Crippen LogP contribution < -0.4 is 10.2 Å². The van der Waals surface area contributed by atoms with Crippen LogP contribution in [-0.2, 0) is 11.3 Å². The summed E-state index contributed by atoms with van der Waals surface area (Å²) >= 11 is 3.41. The lowest BCUT2D eigenvalue weighted by Crippen LogP contribution is -2.24. The summed E-state index contributed by atoms with van der Waals surface area (Å²) in [6.07, 6.45) is 1.43. The van der Waals surface area contributed by atoms with Gasteiger partial charge in [-0.2, -0.15) is 10.2 Å². The highest BCUT2D eigenvalue weighted by Crippen LogP contribution is 2.21. The van der Waals surface area contributed by atoms with Gasteiger partial charge in [0.25, 0.3) is 11.6 Å². The van der Waals surface area contributed by atoms with Crippen molar-refractivity contribution in [2.45, 2.75) is 20.4 Å². The quantitative estimate of drug-likeness (QED) is 0.174. The van der Waals surface area contributed by atoms with Crippen molar-refractivity contribution in [2.75, 3.05) is 0 Å². The number of aromatic nitrogens is 2. The minimum Gasteiger partial charge on any atom is -0.423 e. The molecule has 164 valence electrons. The zero-order valence-electron chi connectivity index (χ0n) is 17.1. The predicted octanol–water partition coefficient (Wildman–Crippen LogP) is 3.54. The lowest BCUT2D eigenvalue weighted by molar-refractivity contribution is -0.385. The molecule has 0 spiro atoms. The average molecular weight is 500 g/mol. The summed E-state index contributed by atoms with van der Waals surface area (Å²) < 4.78 is 7.64. The number of para-hydroxylation sites is 1. The maximum absolute atomic E-state index is 12.3. The number of carbonyl (C=O) groups excluding carboxylic acids is 2. The molecular weight excluding hydrogens is 482 g/mol. The van der Waals surface area contributed by atoms with Gasteiger partial charge in [0.1, 0.15) is 17.9 Å². The highest BCUT2D eigenvalue weighted by Gasteiger charge is 2.21. The third kappa shape index (κ3) is 5.43. The molecule has 0 unspecified atom stereocenters. The van der Waals surface area contributed by atoms with E-state index in [9.17, 15) is 19.7 Å². The summed E-state index contributed by atoms with van der Waals surface area (Å²) in [5, 5.41) is 19.2. The third-order valence-electron chi connectivity index (χ3n) is 4.40. The van der Waals surface area contributed by atoms with E-state index in [1.54, 1.807) is 16.8 Å². The Balaban J connectivity index is 1.57. The van der Waals surface area contributed by atoms with Gasteiger partial charge >= 0.3 is 5.97 Å². The first-order valence-corrected chi connectivity index (χ1v) is 10.1. The second-order valence-electron chi connectivity index (χ2n) is 6.67. The number of benzene rings is 2. The fourth-order valence-electron chi connectivity index (χ4n) is 2.77. The number of rotatable bonds is 7. The number of halogens is 1.